The van der Waals surface area contributed by atoms with E-state index < -0.39 is 0 Å². The van der Waals surface area contributed by atoms with Crippen LogP contribution in [0.2, 0.25) is 0 Å². The Morgan fingerprint density at radius 2 is 1.89 bits per heavy atom. The van der Waals surface area contributed by atoms with Crippen LogP contribution >= 0.6 is 0 Å². The van der Waals surface area contributed by atoms with Crippen LogP contribution in [-0.2, 0) is 6.42 Å². The fraction of sp³-hybridized carbons (Fsp3) is 0.500. The van der Waals surface area contributed by atoms with E-state index >= 15 is 0 Å². The Balaban J connectivity index is 2.00. The number of piperidine rings is 1. The normalized spacial score (nSPS) is 16.9. The van der Waals surface area contributed by atoms with Crippen LogP contribution in [0.4, 0.5) is 0 Å². The van der Waals surface area contributed by atoms with E-state index in [-0.39, 0.29) is 12.0 Å². The van der Waals surface area contributed by atoms with Crippen LogP contribution in [0, 0.1) is 0 Å². The largest absolute Gasteiger partial charge is 0.393 e. The summed E-state index contributed by atoms with van der Waals surface area (Å²) in [5.41, 5.74) is 7.36. The lowest BCUT2D eigenvalue weighted by Crippen LogP contribution is -2.40. The lowest BCUT2D eigenvalue weighted by atomic mass is 10.0. The lowest BCUT2D eigenvalue weighted by molar-refractivity contribution is 0.0546. The highest BCUT2D eigenvalue weighted by atomic mass is 16.3. The summed E-state index contributed by atoms with van der Waals surface area (Å²) in [7, 11) is 0. The SMILES string of the molecule is NCCc1ccc(C(=O)N2CCC(O)CC2)cc1. The Labute approximate surface area is 107 Å². The van der Waals surface area contributed by atoms with E-state index in [9.17, 15) is 9.90 Å². The third kappa shape index (κ3) is 3.09. The van der Waals surface area contributed by atoms with E-state index in [0.717, 1.165) is 12.0 Å². The molecule has 1 heterocycles. The number of carbonyl (C=O) groups is 1. The zero-order valence-electron chi connectivity index (χ0n) is 10.5. The first-order chi connectivity index (χ1) is 8.70. The predicted octanol–water partition coefficient (Wildman–Crippen LogP) is 0.785. The number of nitrogens with two attached hydrogens (primary N) is 1. The topological polar surface area (TPSA) is 66.6 Å². The highest BCUT2D eigenvalue weighted by Gasteiger charge is 2.21. The minimum absolute atomic E-state index is 0.0567. The van der Waals surface area contributed by atoms with Gasteiger partial charge in [0, 0.05) is 18.7 Å². The zero-order chi connectivity index (χ0) is 13.0. The van der Waals surface area contributed by atoms with Gasteiger partial charge in [-0.1, -0.05) is 12.1 Å². The number of amides is 1. The molecule has 0 unspecified atom stereocenters. The molecule has 3 N–H and O–H groups in total. The zero-order valence-corrected chi connectivity index (χ0v) is 10.5. The molecule has 0 radical (unpaired) electrons. The lowest BCUT2D eigenvalue weighted by Gasteiger charge is -2.29. The van der Waals surface area contributed by atoms with Gasteiger partial charge in [-0.3, -0.25) is 4.79 Å². The molecule has 0 saturated carbocycles. The van der Waals surface area contributed by atoms with Gasteiger partial charge in [-0.2, -0.15) is 0 Å². The number of hydrogen-bond acceptors (Lipinski definition) is 3. The van der Waals surface area contributed by atoms with E-state index in [4.69, 9.17) is 5.73 Å². The number of hydrogen-bond donors (Lipinski definition) is 2. The second-order valence-corrected chi connectivity index (χ2v) is 4.76. The molecule has 0 atom stereocenters. The van der Waals surface area contributed by atoms with E-state index in [2.05, 4.69) is 0 Å². The molecule has 1 saturated heterocycles. The quantitative estimate of drug-likeness (QED) is 0.831. The van der Waals surface area contributed by atoms with Gasteiger partial charge in [0.05, 0.1) is 6.10 Å². The Morgan fingerprint density at radius 3 is 2.44 bits per heavy atom. The monoisotopic (exact) mass is 248 g/mol. The first kappa shape index (κ1) is 13.1. The Morgan fingerprint density at radius 1 is 1.28 bits per heavy atom. The molecule has 1 amide bonds. The van der Waals surface area contributed by atoms with Crippen LogP contribution in [0.1, 0.15) is 28.8 Å². The van der Waals surface area contributed by atoms with E-state index in [1.165, 1.54) is 0 Å². The van der Waals surface area contributed by atoms with Crippen LogP contribution in [0.15, 0.2) is 24.3 Å². The summed E-state index contributed by atoms with van der Waals surface area (Å²) >= 11 is 0. The maximum absolute atomic E-state index is 12.2. The minimum Gasteiger partial charge on any atom is -0.393 e. The van der Waals surface area contributed by atoms with Crippen molar-refractivity contribution in [2.24, 2.45) is 5.73 Å². The number of nitrogens with zero attached hydrogens (tertiary/aromatic N) is 1. The number of likely N-dealkylation sites (tertiary alicyclic amines) is 1. The predicted molar refractivity (Wildman–Crippen MR) is 70.3 cm³/mol. The molecule has 1 aromatic carbocycles. The molecule has 1 aliphatic rings. The summed E-state index contributed by atoms with van der Waals surface area (Å²) < 4.78 is 0. The Kier molecular flexibility index (Phi) is 4.33. The Bertz CT molecular complexity index is 395. The van der Waals surface area contributed by atoms with Crippen molar-refractivity contribution in [3.8, 4) is 0 Å². The first-order valence-electron chi connectivity index (χ1n) is 6.47. The number of rotatable bonds is 3. The van der Waals surface area contributed by atoms with Crippen molar-refractivity contribution in [3.05, 3.63) is 35.4 Å². The van der Waals surface area contributed by atoms with Gasteiger partial charge in [0.15, 0.2) is 0 Å². The fourth-order valence-electron chi connectivity index (χ4n) is 2.23. The second-order valence-electron chi connectivity index (χ2n) is 4.76. The third-order valence-electron chi connectivity index (χ3n) is 3.39. The molecule has 1 fully saturated rings. The first-order valence-corrected chi connectivity index (χ1v) is 6.47. The van der Waals surface area contributed by atoms with E-state index in [1.807, 2.05) is 29.2 Å². The fourth-order valence-corrected chi connectivity index (χ4v) is 2.23. The molecule has 1 aliphatic heterocycles. The molecular weight excluding hydrogens is 228 g/mol. The molecule has 98 valence electrons. The number of aliphatic hydroxyl groups is 1. The van der Waals surface area contributed by atoms with Crippen LogP contribution in [-0.4, -0.2) is 41.7 Å². The van der Waals surface area contributed by atoms with Gasteiger partial charge in [0.1, 0.15) is 0 Å². The third-order valence-corrected chi connectivity index (χ3v) is 3.39. The van der Waals surface area contributed by atoms with Gasteiger partial charge in [-0.25, -0.2) is 0 Å². The van der Waals surface area contributed by atoms with Crippen LogP contribution in [0.25, 0.3) is 0 Å². The Hall–Kier alpha value is -1.39. The molecule has 0 bridgehead atoms. The summed E-state index contributed by atoms with van der Waals surface area (Å²) in [5, 5.41) is 9.42. The maximum atomic E-state index is 12.2. The number of benzene rings is 1. The molecule has 0 aromatic heterocycles. The van der Waals surface area contributed by atoms with Crippen LogP contribution in [0.3, 0.4) is 0 Å². The van der Waals surface area contributed by atoms with Crippen molar-refractivity contribution in [2.75, 3.05) is 19.6 Å². The molecule has 1 aromatic rings. The standard InChI is InChI=1S/C14H20N2O2/c15-8-5-11-1-3-12(4-2-11)14(18)16-9-6-13(17)7-10-16/h1-4,13,17H,5-10,15H2. The molecule has 0 aliphatic carbocycles. The van der Waals surface area contributed by atoms with Crippen molar-refractivity contribution >= 4 is 5.91 Å². The van der Waals surface area contributed by atoms with E-state index in [1.54, 1.807) is 0 Å². The average Bonchev–Trinajstić information content (AvgIpc) is 2.40. The molecule has 0 spiro atoms. The van der Waals surface area contributed by atoms with Crippen LogP contribution < -0.4 is 5.73 Å². The smallest absolute Gasteiger partial charge is 0.253 e. The summed E-state index contributed by atoms with van der Waals surface area (Å²) in [6.45, 7) is 1.91. The summed E-state index contributed by atoms with van der Waals surface area (Å²) in [6, 6.07) is 7.63. The summed E-state index contributed by atoms with van der Waals surface area (Å²) in [5.74, 6) is 0.0567. The van der Waals surface area contributed by atoms with Gasteiger partial charge in [0.2, 0.25) is 0 Å². The van der Waals surface area contributed by atoms with Crippen molar-refractivity contribution in [3.63, 3.8) is 0 Å². The number of aliphatic hydroxyl groups excluding tert-OH is 1. The summed E-state index contributed by atoms with van der Waals surface area (Å²) in [4.78, 5) is 14.0. The maximum Gasteiger partial charge on any atom is 0.253 e. The molecule has 2 rings (SSSR count). The van der Waals surface area contributed by atoms with Gasteiger partial charge in [0.25, 0.3) is 5.91 Å². The van der Waals surface area contributed by atoms with Gasteiger partial charge >= 0.3 is 0 Å². The van der Waals surface area contributed by atoms with Crippen molar-refractivity contribution in [1.82, 2.24) is 4.90 Å². The van der Waals surface area contributed by atoms with Crippen LogP contribution in [0.5, 0.6) is 0 Å². The number of carbonyl (C=O) groups excluding carboxylic acids is 1. The highest BCUT2D eigenvalue weighted by molar-refractivity contribution is 5.94. The average molecular weight is 248 g/mol. The van der Waals surface area contributed by atoms with Crippen molar-refractivity contribution < 1.29 is 9.90 Å². The molecule has 4 heteroatoms. The molecular formula is C14H20N2O2. The summed E-state index contributed by atoms with van der Waals surface area (Å²) in [6.07, 6.45) is 1.94. The van der Waals surface area contributed by atoms with E-state index in [0.29, 0.717) is 38.0 Å². The molecule has 18 heavy (non-hydrogen) atoms. The molecule has 4 nitrogen and oxygen atoms in total. The highest BCUT2D eigenvalue weighted by Crippen LogP contribution is 2.14. The van der Waals surface area contributed by atoms with Gasteiger partial charge in [-0.15, -0.1) is 0 Å². The van der Waals surface area contributed by atoms with Gasteiger partial charge in [-0.05, 0) is 43.5 Å². The van der Waals surface area contributed by atoms with Gasteiger partial charge < -0.3 is 15.7 Å². The van der Waals surface area contributed by atoms with Crippen molar-refractivity contribution in [1.29, 1.82) is 0 Å². The minimum atomic E-state index is -0.249. The van der Waals surface area contributed by atoms with Crippen molar-refractivity contribution in [2.45, 2.75) is 25.4 Å². The second kappa shape index (κ2) is 5.98.